The monoisotopic (exact) mass is 570 g/mol. The lowest BCUT2D eigenvalue weighted by Gasteiger charge is -2.47. The van der Waals surface area contributed by atoms with E-state index in [0.717, 1.165) is 11.3 Å². The average molecular weight is 571 g/mol. The summed E-state index contributed by atoms with van der Waals surface area (Å²) in [4.78, 5) is 45.7. The predicted octanol–water partition coefficient (Wildman–Crippen LogP) is 6.19. The van der Waals surface area contributed by atoms with Crippen molar-refractivity contribution >= 4 is 17.7 Å². The third-order valence-corrected chi connectivity index (χ3v) is 7.81. The zero-order valence-electron chi connectivity index (χ0n) is 26.3. The molecule has 2 N–H and O–H groups in total. The molecule has 2 aromatic rings. The number of H-pyrrole nitrogens is 1. The molecular formula is C32H47FN4O4. The van der Waals surface area contributed by atoms with E-state index in [4.69, 9.17) is 4.74 Å². The van der Waals surface area contributed by atoms with E-state index in [1.807, 2.05) is 75.3 Å². The highest BCUT2D eigenvalue weighted by atomic mass is 19.1. The van der Waals surface area contributed by atoms with E-state index in [0.29, 0.717) is 36.2 Å². The number of carbonyl (C=O) groups is 2. The Kier molecular flexibility index (Phi) is 9.93. The van der Waals surface area contributed by atoms with Gasteiger partial charge >= 0.3 is 6.09 Å². The van der Waals surface area contributed by atoms with Gasteiger partial charge in [0.05, 0.1) is 0 Å². The van der Waals surface area contributed by atoms with E-state index in [1.54, 1.807) is 4.90 Å². The number of carbonyl (C=O) groups excluding carboxylic acids is 2. The molecule has 2 amide bonds. The van der Waals surface area contributed by atoms with Crippen molar-refractivity contribution < 1.29 is 18.7 Å². The van der Waals surface area contributed by atoms with Crippen LogP contribution in [0.2, 0.25) is 0 Å². The minimum absolute atomic E-state index is 0.0415. The quantitative estimate of drug-likeness (QED) is 0.414. The molecule has 1 aliphatic rings. The maximum absolute atomic E-state index is 15.0. The summed E-state index contributed by atoms with van der Waals surface area (Å²) < 4.78 is 20.7. The summed E-state index contributed by atoms with van der Waals surface area (Å²) in [5, 5.41) is 2.85. The Morgan fingerprint density at radius 3 is 2.29 bits per heavy atom. The van der Waals surface area contributed by atoms with Gasteiger partial charge < -0.3 is 24.8 Å². The van der Waals surface area contributed by atoms with Crippen LogP contribution in [-0.2, 0) is 11.3 Å². The number of nitrogens with zero attached hydrogens (tertiary/aromatic N) is 2. The van der Waals surface area contributed by atoms with Crippen molar-refractivity contribution in [1.29, 1.82) is 0 Å². The normalized spacial score (nSPS) is 19.3. The van der Waals surface area contributed by atoms with Crippen LogP contribution in [0.25, 0.3) is 0 Å². The van der Waals surface area contributed by atoms with Crippen LogP contribution in [0, 0.1) is 19.7 Å². The fourth-order valence-electron chi connectivity index (χ4n) is 6.00. The summed E-state index contributed by atoms with van der Waals surface area (Å²) in [6.45, 7) is 19.9. The number of piperidine rings is 1. The lowest BCUT2D eigenvalue weighted by molar-refractivity contribution is -0.00252. The number of likely N-dealkylation sites (tertiary alicyclic amines) is 1. The third kappa shape index (κ3) is 7.49. The summed E-state index contributed by atoms with van der Waals surface area (Å²) in [5.41, 5.74) is 2.89. The first-order chi connectivity index (χ1) is 19.0. The number of amides is 2. The molecule has 2 heterocycles. The van der Waals surface area contributed by atoms with Gasteiger partial charge in [-0.15, -0.1) is 0 Å². The number of halogens is 1. The molecule has 1 saturated heterocycles. The predicted molar refractivity (Wildman–Crippen MR) is 161 cm³/mol. The number of hydrogen-bond acceptors (Lipinski definition) is 5. The number of aromatic amines is 1. The molecule has 1 aliphatic heterocycles. The Morgan fingerprint density at radius 2 is 1.76 bits per heavy atom. The fourth-order valence-corrected chi connectivity index (χ4v) is 6.00. The van der Waals surface area contributed by atoms with Crippen molar-refractivity contribution in [3.63, 3.8) is 0 Å². The Morgan fingerprint density at radius 1 is 1.15 bits per heavy atom. The standard InChI is InChI=1S/C32H47FN4O4/c1-11-36(24-13-20(5)37(21(6)14-24)31(40)41-32(8,9)10)28-16-23(33)15-26(22(28)7)29(38)34-17-27-25(18(2)3)12-19(4)35-30(27)39/h12,15-16,18,20-21,24H,11,13-14,17H2,1-10H3,(H,34,38)(H,35,39)/t20-,21?,24?/m1/s1. The van der Waals surface area contributed by atoms with E-state index in [2.05, 4.69) is 15.2 Å². The largest absolute Gasteiger partial charge is 0.444 e. The second kappa shape index (κ2) is 12.7. The summed E-state index contributed by atoms with van der Waals surface area (Å²) in [6.07, 6.45) is 1.04. The highest BCUT2D eigenvalue weighted by Crippen LogP contribution is 2.34. The molecule has 2 unspecified atom stereocenters. The van der Waals surface area contributed by atoms with Crippen LogP contribution in [0.3, 0.4) is 0 Å². The van der Waals surface area contributed by atoms with E-state index in [-0.39, 0.29) is 47.8 Å². The molecule has 8 nitrogen and oxygen atoms in total. The van der Waals surface area contributed by atoms with Gasteiger partial charge in [-0.2, -0.15) is 0 Å². The number of aryl methyl sites for hydroxylation is 1. The van der Waals surface area contributed by atoms with Crippen LogP contribution in [0.15, 0.2) is 23.0 Å². The molecule has 0 bridgehead atoms. The summed E-state index contributed by atoms with van der Waals surface area (Å²) >= 11 is 0. The number of ether oxygens (including phenoxy) is 1. The fraction of sp³-hybridized carbons (Fsp3) is 0.594. The molecule has 0 spiro atoms. The van der Waals surface area contributed by atoms with Crippen molar-refractivity contribution in [2.75, 3.05) is 11.4 Å². The van der Waals surface area contributed by atoms with Crippen LogP contribution in [0.4, 0.5) is 14.9 Å². The summed E-state index contributed by atoms with van der Waals surface area (Å²) in [5.74, 6) is -0.831. The second-order valence-corrected chi connectivity index (χ2v) is 12.6. The Labute approximate surface area is 243 Å². The van der Waals surface area contributed by atoms with Crippen molar-refractivity contribution in [3.05, 3.63) is 62.3 Å². The van der Waals surface area contributed by atoms with Gasteiger partial charge in [0.1, 0.15) is 11.4 Å². The first-order valence-electron chi connectivity index (χ1n) is 14.6. The topological polar surface area (TPSA) is 94.7 Å². The molecule has 0 aliphatic carbocycles. The molecule has 1 aromatic heterocycles. The van der Waals surface area contributed by atoms with Gasteiger partial charge in [0.25, 0.3) is 11.5 Å². The van der Waals surface area contributed by atoms with E-state index < -0.39 is 17.3 Å². The Balaban J connectivity index is 1.85. The molecule has 3 rings (SSSR count). The first-order valence-corrected chi connectivity index (χ1v) is 14.6. The van der Waals surface area contributed by atoms with Gasteiger partial charge in [0.15, 0.2) is 0 Å². The van der Waals surface area contributed by atoms with Crippen LogP contribution in [0.5, 0.6) is 0 Å². The van der Waals surface area contributed by atoms with Gasteiger partial charge in [-0.1, -0.05) is 13.8 Å². The number of hydrogen-bond donors (Lipinski definition) is 2. The van der Waals surface area contributed by atoms with E-state index >= 15 is 4.39 Å². The van der Waals surface area contributed by atoms with Crippen molar-refractivity contribution in [1.82, 2.24) is 15.2 Å². The van der Waals surface area contributed by atoms with E-state index in [1.165, 1.54) is 12.1 Å². The first kappa shape index (κ1) is 32.2. The molecule has 0 saturated carbocycles. The zero-order valence-corrected chi connectivity index (χ0v) is 26.3. The Hall–Kier alpha value is -3.36. The number of pyridine rings is 1. The maximum atomic E-state index is 15.0. The third-order valence-electron chi connectivity index (χ3n) is 7.81. The molecule has 41 heavy (non-hydrogen) atoms. The number of benzene rings is 1. The number of nitrogens with one attached hydrogen (secondary N) is 2. The molecule has 0 radical (unpaired) electrons. The molecule has 1 aromatic carbocycles. The van der Waals surface area contributed by atoms with Crippen molar-refractivity contribution in [3.8, 4) is 0 Å². The molecule has 226 valence electrons. The lowest BCUT2D eigenvalue weighted by Crippen LogP contribution is -2.56. The van der Waals surface area contributed by atoms with Gasteiger partial charge in [0.2, 0.25) is 0 Å². The van der Waals surface area contributed by atoms with Gasteiger partial charge in [-0.3, -0.25) is 9.59 Å². The van der Waals surface area contributed by atoms with Crippen molar-refractivity contribution in [2.45, 2.75) is 118 Å². The number of aromatic nitrogens is 1. The maximum Gasteiger partial charge on any atom is 0.410 e. The van der Waals surface area contributed by atoms with Crippen LogP contribution in [0.1, 0.15) is 107 Å². The number of anilines is 1. The van der Waals surface area contributed by atoms with Crippen LogP contribution < -0.4 is 15.8 Å². The van der Waals surface area contributed by atoms with Crippen LogP contribution in [-0.4, -0.2) is 52.2 Å². The highest BCUT2D eigenvalue weighted by Gasteiger charge is 2.38. The minimum Gasteiger partial charge on any atom is -0.444 e. The smallest absolute Gasteiger partial charge is 0.410 e. The van der Waals surface area contributed by atoms with Gasteiger partial charge in [-0.25, -0.2) is 9.18 Å². The lowest BCUT2D eigenvalue weighted by atomic mass is 9.90. The second-order valence-electron chi connectivity index (χ2n) is 12.6. The zero-order chi connectivity index (χ0) is 30.8. The molecule has 3 atom stereocenters. The van der Waals surface area contributed by atoms with Crippen molar-refractivity contribution in [2.24, 2.45) is 0 Å². The number of rotatable bonds is 7. The molecular weight excluding hydrogens is 523 g/mol. The molecule has 9 heteroatoms. The average Bonchev–Trinajstić information content (AvgIpc) is 2.83. The SMILES string of the molecule is CCN(c1cc(F)cc(C(=O)NCc2c(C(C)C)cc(C)[nH]c2=O)c1C)C1CC(C)N(C(=O)OC(C)(C)C)[C@H](C)C1. The minimum atomic E-state index is -0.582. The highest BCUT2D eigenvalue weighted by molar-refractivity contribution is 5.97. The van der Waals surface area contributed by atoms with E-state index in [9.17, 15) is 14.4 Å². The summed E-state index contributed by atoms with van der Waals surface area (Å²) in [7, 11) is 0. The summed E-state index contributed by atoms with van der Waals surface area (Å²) in [6, 6.07) is 4.54. The van der Waals surface area contributed by atoms with Gasteiger partial charge in [0, 0.05) is 53.7 Å². The van der Waals surface area contributed by atoms with Crippen LogP contribution >= 0.6 is 0 Å². The Bertz CT molecular complexity index is 1320. The molecule has 1 fully saturated rings. The van der Waals surface area contributed by atoms with Gasteiger partial charge in [-0.05, 0) is 103 Å².